The summed E-state index contributed by atoms with van der Waals surface area (Å²) in [6, 6.07) is 14.5. The summed E-state index contributed by atoms with van der Waals surface area (Å²) in [6.45, 7) is 6.80. The third-order valence-electron chi connectivity index (χ3n) is 6.28. The van der Waals surface area contributed by atoms with Gasteiger partial charge in [-0.2, -0.15) is 17.9 Å². The van der Waals surface area contributed by atoms with E-state index in [0.717, 1.165) is 5.56 Å². The van der Waals surface area contributed by atoms with Crippen molar-refractivity contribution in [3.63, 3.8) is 0 Å². The molecule has 1 aliphatic rings. The number of carbonyl (C=O) groups is 1. The van der Waals surface area contributed by atoms with Gasteiger partial charge in [0, 0.05) is 37.2 Å². The van der Waals surface area contributed by atoms with E-state index < -0.39 is 17.6 Å². The summed E-state index contributed by atoms with van der Waals surface area (Å²) in [7, 11) is 1.50. The minimum atomic E-state index is -4.70. The summed E-state index contributed by atoms with van der Waals surface area (Å²) < 4.78 is 51.8. The zero-order chi connectivity index (χ0) is 27.5. The minimum absolute atomic E-state index is 0.0109. The van der Waals surface area contributed by atoms with E-state index in [1.54, 1.807) is 17.0 Å². The molecule has 2 unspecified atom stereocenters. The molecule has 1 N–H and O–H groups in total. The molecule has 204 valence electrons. The normalized spacial score (nSPS) is 18.3. The maximum absolute atomic E-state index is 13.4. The third-order valence-corrected chi connectivity index (χ3v) is 6.28. The third kappa shape index (κ3) is 6.42. The molecular formula is C26H31F3N6O3. The van der Waals surface area contributed by atoms with Gasteiger partial charge in [0.05, 0.1) is 12.8 Å². The number of ether oxygens (including phenoxy) is 2. The zero-order valence-electron chi connectivity index (χ0n) is 21.7. The SMILES string of the molecule is COc1ccc(-n2nnnc2C(F)(F)F)cc1CNC1CCN(C(=O)OC(C)(C)C)CC1c1ccccc1. The van der Waals surface area contributed by atoms with E-state index in [0.29, 0.717) is 42.0 Å². The highest BCUT2D eigenvalue weighted by atomic mass is 19.4. The first-order valence-corrected chi connectivity index (χ1v) is 12.3. The fourth-order valence-electron chi connectivity index (χ4n) is 4.54. The number of carbonyl (C=O) groups excluding carboxylic acids is 1. The van der Waals surface area contributed by atoms with E-state index in [-0.39, 0.29) is 23.7 Å². The number of nitrogens with one attached hydrogen (secondary N) is 1. The molecule has 12 heteroatoms. The maximum Gasteiger partial charge on any atom is 0.453 e. The Bertz CT molecular complexity index is 1240. The highest BCUT2D eigenvalue weighted by Crippen LogP contribution is 2.31. The van der Waals surface area contributed by atoms with Gasteiger partial charge in [0.25, 0.3) is 5.82 Å². The number of piperidine rings is 1. The molecule has 9 nitrogen and oxygen atoms in total. The van der Waals surface area contributed by atoms with Crippen LogP contribution >= 0.6 is 0 Å². The van der Waals surface area contributed by atoms with Crippen LogP contribution in [-0.2, 0) is 17.5 Å². The van der Waals surface area contributed by atoms with Crippen LogP contribution in [0.1, 0.15) is 50.1 Å². The Morgan fingerprint density at radius 2 is 1.87 bits per heavy atom. The van der Waals surface area contributed by atoms with Crippen LogP contribution in [0.25, 0.3) is 5.69 Å². The maximum atomic E-state index is 13.4. The molecule has 4 rings (SSSR count). The number of alkyl halides is 3. The molecule has 1 saturated heterocycles. The topological polar surface area (TPSA) is 94.4 Å². The van der Waals surface area contributed by atoms with Crippen LogP contribution in [0.15, 0.2) is 48.5 Å². The molecule has 2 aromatic carbocycles. The number of methoxy groups -OCH3 is 1. The van der Waals surface area contributed by atoms with Gasteiger partial charge in [-0.05, 0) is 61.4 Å². The molecule has 2 heterocycles. The Kier molecular flexibility index (Phi) is 7.91. The number of tetrazole rings is 1. The van der Waals surface area contributed by atoms with Gasteiger partial charge in [-0.15, -0.1) is 5.10 Å². The number of rotatable bonds is 6. The average molecular weight is 533 g/mol. The number of hydrogen-bond donors (Lipinski definition) is 1. The van der Waals surface area contributed by atoms with Gasteiger partial charge in [0.1, 0.15) is 11.4 Å². The van der Waals surface area contributed by atoms with Crippen LogP contribution in [0, 0.1) is 0 Å². The van der Waals surface area contributed by atoms with Crippen molar-refractivity contribution in [2.45, 2.75) is 57.5 Å². The van der Waals surface area contributed by atoms with Crippen LogP contribution in [0.2, 0.25) is 0 Å². The molecule has 2 atom stereocenters. The summed E-state index contributed by atoms with van der Waals surface area (Å²) >= 11 is 0. The van der Waals surface area contributed by atoms with Gasteiger partial charge < -0.3 is 19.7 Å². The molecule has 1 aromatic heterocycles. The molecular weight excluding hydrogens is 501 g/mol. The first-order valence-electron chi connectivity index (χ1n) is 12.3. The number of aromatic nitrogens is 4. The monoisotopic (exact) mass is 532 g/mol. The van der Waals surface area contributed by atoms with E-state index >= 15 is 0 Å². The standard InChI is InChI=1S/C26H31F3N6O3/c1-25(2,3)38-24(36)34-13-12-21(20(16-34)17-8-6-5-7-9-17)30-15-18-14-19(10-11-22(18)37-4)35-23(26(27,28)29)31-32-33-35/h5-11,14,20-21,30H,12-13,15-16H2,1-4H3. The van der Waals surface area contributed by atoms with Gasteiger partial charge in [-0.1, -0.05) is 30.3 Å². The van der Waals surface area contributed by atoms with E-state index in [4.69, 9.17) is 9.47 Å². The molecule has 3 aromatic rings. The highest BCUT2D eigenvalue weighted by molar-refractivity contribution is 5.68. The molecule has 0 bridgehead atoms. The van der Waals surface area contributed by atoms with Gasteiger partial charge in [0.2, 0.25) is 0 Å². The van der Waals surface area contributed by atoms with E-state index in [1.807, 2.05) is 51.1 Å². The lowest BCUT2D eigenvalue weighted by Gasteiger charge is -2.40. The van der Waals surface area contributed by atoms with Crippen molar-refractivity contribution in [3.05, 3.63) is 65.5 Å². The highest BCUT2D eigenvalue weighted by Gasteiger charge is 2.39. The molecule has 0 spiro atoms. The molecule has 0 radical (unpaired) electrons. The van der Waals surface area contributed by atoms with Gasteiger partial charge in [0.15, 0.2) is 0 Å². The van der Waals surface area contributed by atoms with Crippen molar-refractivity contribution in [2.24, 2.45) is 0 Å². The summed E-state index contributed by atoms with van der Waals surface area (Å²) in [5.74, 6) is -0.714. The molecule has 1 fully saturated rings. The first-order chi connectivity index (χ1) is 18.0. The fourth-order valence-corrected chi connectivity index (χ4v) is 4.54. The fraction of sp³-hybridized carbons (Fsp3) is 0.462. The van der Waals surface area contributed by atoms with E-state index in [1.165, 1.54) is 13.2 Å². The second kappa shape index (κ2) is 11.0. The van der Waals surface area contributed by atoms with Crippen molar-refractivity contribution in [1.29, 1.82) is 0 Å². The number of likely N-dealkylation sites (tertiary alicyclic amines) is 1. The van der Waals surface area contributed by atoms with Crippen LogP contribution in [0.3, 0.4) is 0 Å². The molecule has 38 heavy (non-hydrogen) atoms. The lowest BCUT2D eigenvalue weighted by atomic mass is 9.86. The Morgan fingerprint density at radius 3 is 2.53 bits per heavy atom. The Balaban J connectivity index is 1.55. The number of hydrogen-bond acceptors (Lipinski definition) is 7. The van der Waals surface area contributed by atoms with Crippen LogP contribution in [0.4, 0.5) is 18.0 Å². The van der Waals surface area contributed by atoms with Crippen molar-refractivity contribution >= 4 is 6.09 Å². The quantitative estimate of drug-likeness (QED) is 0.497. The Hall–Kier alpha value is -3.67. The lowest BCUT2D eigenvalue weighted by Crippen LogP contribution is -2.50. The van der Waals surface area contributed by atoms with Gasteiger partial charge >= 0.3 is 12.3 Å². The Morgan fingerprint density at radius 1 is 1.13 bits per heavy atom. The summed E-state index contributed by atoms with van der Waals surface area (Å²) in [5.41, 5.74) is 1.29. The number of benzene rings is 2. The number of nitrogens with zero attached hydrogens (tertiary/aromatic N) is 5. The number of halogens is 3. The number of amides is 1. The second-order valence-corrected chi connectivity index (χ2v) is 10.1. The summed E-state index contributed by atoms with van der Waals surface area (Å²) in [5, 5.41) is 13.4. The largest absolute Gasteiger partial charge is 0.496 e. The minimum Gasteiger partial charge on any atom is -0.496 e. The van der Waals surface area contributed by atoms with Crippen LogP contribution in [-0.4, -0.2) is 63.0 Å². The predicted molar refractivity (Wildman–Crippen MR) is 133 cm³/mol. The molecule has 1 aliphatic heterocycles. The summed E-state index contributed by atoms with van der Waals surface area (Å²) in [4.78, 5) is 14.5. The van der Waals surface area contributed by atoms with E-state index in [2.05, 4.69) is 20.8 Å². The average Bonchev–Trinajstić information content (AvgIpc) is 3.38. The Labute approximate surface area is 218 Å². The smallest absolute Gasteiger partial charge is 0.453 e. The van der Waals surface area contributed by atoms with Gasteiger partial charge in [-0.25, -0.2) is 4.79 Å². The predicted octanol–water partition coefficient (Wildman–Crippen LogP) is 4.57. The lowest BCUT2D eigenvalue weighted by molar-refractivity contribution is -0.146. The van der Waals surface area contributed by atoms with Crippen molar-refractivity contribution in [1.82, 2.24) is 30.4 Å². The van der Waals surface area contributed by atoms with Crippen molar-refractivity contribution in [2.75, 3.05) is 20.2 Å². The molecule has 0 saturated carbocycles. The van der Waals surface area contributed by atoms with Gasteiger partial charge in [-0.3, -0.25) is 0 Å². The van der Waals surface area contributed by atoms with Crippen LogP contribution in [0.5, 0.6) is 5.75 Å². The van der Waals surface area contributed by atoms with E-state index in [9.17, 15) is 18.0 Å². The van der Waals surface area contributed by atoms with Crippen molar-refractivity contribution in [3.8, 4) is 11.4 Å². The molecule has 0 aliphatic carbocycles. The first kappa shape index (κ1) is 27.4. The van der Waals surface area contributed by atoms with Crippen LogP contribution < -0.4 is 10.1 Å². The zero-order valence-corrected chi connectivity index (χ0v) is 21.7. The second-order valence-electron chi connectivity index (χ2n) is 10.1. The molecule has 1 amide bonds. The summed E-state index contributed by atoms with van der Waals surface area (Å²) in [6.07, 6.45) is -4.40. The van der Waals surface area contributed by atoms with Crippen molar-refractivity contribution < 1.29 is 27.4 Å².